The zero-order valence-electron chi connectivity index (χ0n) is 15.4. The van der Waals surface area contributed by atoms with Gasteiger partial charge in [0.15, 0.2) is 0 Å². The molecule has 134 valence electrons. The minimum absolute atomic E-state index is 0. The molecule has 1 fully saturated rings. The van der Waals surface area contributed by atoms with Crippen LogP contribution >= 0.6 is 12.4 Å². The normalized spacial score (nSPS) is 17.7. The Hall–Kier alpha value is -1.51. The van der Waals surface area contributed by atoms with Gasteiger partial charge >= 0.3 is 0 Å². The van der Waals surface area contributed by atoms with Crippen molar-refractivity contribution in [1.82, 2.24) is 9.47 Å². The summed E-state index contributed by atoms with van der Waals surface area (Å²) in [7, 11) is 0. The van der Waals surface area contributed by atoms with Crippen molar-refractivity contribution >= 4 is 34.2 Å². The van der Waals surface area contributed by atoms with Crippen molar-refractivity contribution in [1.29, 1.82) is 0 Å². The number of benzene rings is 2. The Kier molecular flexibility index (Phi) is 5.41. The van der Waals surface area contributed by atoms with E-state index in [1.165, 1.54) is 60.7 Å². The van der Waals surface area contributed by atoms with Gasteiger partial charge < -0.3 is 9.47 Å². The van der Waals surface area contributed by atoms with Crippen LogP contribution in [0, 0.1) is 5.41 Å². The molecule has 0 amide bonds. The number of hydrogen-bond acceptors (Lipinski definition) is 1. The Bertz CT molecular complexity index is 796. The Morgan fingerprint density at radius 1 is 0.880 bits per heavy atom. The molecule has 25 heavy (non-hydrogen) atoms. The van der Waals surface area contributed by atoms with Crippen LogP contribution in [-0.4, -0.2) is 29.1 Å². The number of para-hydroxylation sites is 2. The van der Waals surface area contributed by atoms with E-state index >= 15 is 0 Å². The highest BCUT2D eigenvalue weighted by molar-refractivity contribution is 6.07. The van der Waals surface area contributed by atoms with E-state index in [4.69, 9.17) is 0 Å². The molecule has 0 spiro atoms. The Morgan fingerprint density at radius 3 is 2.08 bits per heavy atom. The largest absolute Gasteiger partial charge is 0.340 e. The summed E-state index contributed by atoms with van der Waals surface area (Å²) in [6.45, 7) is 9.66. The zero-order chi connectivity index (χ0) is 16.6. The molecule has 4 rings (SSSR count). The predicted molar refractivity (Wildman–Crippen MR) is 111 cm³/mol. The molecular weight excluding hydrogens is 328 g/mol. The molecular formula is C22H29ClN2. The predicted octanol–water partition coefficient (Wildman–Crippen LogP) is 5.73. The number of fused-ring (bicyclic) bond motifs is 3. The lowest BCUT2D eigenvalue weighted by Gasteiger charge is -2.38. The van der Waals surface area contributed by atoms with Gasteiger partial charge in [-0.1, -0.05) is 50.2 Å². The second-order valence-corrected chi connectivity index (χ2v) is 8.08. The first-order valence-corrected chi connectivity index (χ1v) is 9.32. The lowest BCUT2D eigenvalue weighted by molar-refractivity contribution is 0.115. The molecule has 2 aromatic carbocycles. The summed E-state index contributed by atoms with van der Waals surface area (Å²) in [6.07, 6.45) is 3.94. The van der Waals surface area contributed by atoms with Gasteiger partial charge in [-0.3, -0.25) is 0 Å². The van der Waals surface area contributed by atoms with Crippen molar-refractivity contribution in [3.63, 3.8) is 0 Å². The highest BCUT2D eigenvalue weighted by atomic mass is 35.5. The van der Waals surface area contributed by atoms with E-state index in [2.05, 4.69) is 71.8 Å². The van der Waals surface area contributed by atoms with Gasteiger partial charge in [0.05, 0.1) is 0 Å². The molecule has 2 nitrogen and oxygen atoms in total. The van der Waals surface area contributed by atoms with Crippen molar-refractivity contribution in [2.45, 2.75) is 39.7 Å². The lowest BCUT2D eigenvalue weighted by atomic mass is 9.84. The SMILES string of the molecule is CC1(C)CCCN(CCCn2c3ccccc3c3ccccc32)C1.Cl. The van der Waals surface area contributed by atoms with Crippen LogP contribution in [0.5, 0.6) is 0 Å². The van der Waals surface area contributed by atoms with Crippen molar-refractivity contribution in [2.24, 2.45) is 5.41 Å². The number of likely N-dealkylation sites (tertiary alicyclic amines) is 1. The van der Waals surface area contributed by atoms with E-state index in [-0.39, 0.29) is 12.4 Å². The third kappa shape index (κ3) is 3.70. The van der Waals surface area contributed by atoms with Crippen LogP contribution in [0.25, 0.3) is 21.8 Å². The molecule has 2 heterocycles. The van der Waals surface area contributed by atoms with E-state index < -0.39 is 0 Å². The summed E-state index contributed by atoms with van der Waals surface area (Å²) in [6, 6.07) is 17.6. The highest BCUT2D eigenvalue weighted by Crippen LogP contribution is 2.30. The monoisotopic (exact) mass is 356 g/mol. The number of rotatable bonds is 4. The van der Waals surface area contributed by atoms with Gasteiger partial charge in [-0.15, -0.1) is 12.4 Å². The minimum atomic E-state index is 0. The smallest absolute Gasteiger partial charge is 0.0491 e. The quantitative estimate of drug-likeness (QED) is 0.579. The first kappa shape index (κ1) is 18.3. The molecule has 1 aliphatic rings. The lowest BCUT2D eigenvalue weighted by Crippen LogP contribution is -2.40. The van der Waals surface area contributed by atoms with Gasteiger partial charge in [-0.25, -0.2) is 0 Å². The standard InChI is InChI=1S/C22H28N2.ClH/c1-22(2)13-7-14-23(17-22)15-8-16-24-20-11-5-3-9-18(20)19-10-4-6-12-21(19)24;/h3-6,9-12H,7-8,13-17H2,1-2H3;1H. The molecule has 0 aliphatic carbocycles. The number of aromatic nitrogens is 1. The number of nitrogens with zero attached hydrogens (tertiary/aromatic N) is 2. The minimum Gasteiger partial charge on any atom is -0.340 e. The summed E-state index contributed by atoms with van der Waals surface area (Å²) in [5, 5.41) is 2.76. The Balaban J connectivity index is 0.00000182. The van der Waals surface area contributed by atoms with Gasteiger partial charge in [-0.2, -0.15) is 0 Å². The number of halogens is 1. The highest BCUT2D eigenvalue weighted by Gasteiger charge is 2.25. The van der Waals surface area contributed by atoms with Gasteiger partial charge in [0.25, 0.3) is 0 Å². The third-order valence-corrected chi connectivity index (χ3v) is 5.52. The van der Waals surface area contributed by atoms with E-state index in [9.17, 15) is 0 Å². The molecule has 1 aromatic heterocycles. The molecule has 0 saturated carbocycles. The van der Waals surface area contributed by atoms with Crippen LogP contribution in [0.4, 0.5) is 0 Å². The maximum absolute atomic E-state index is 2.66. The fraction of sp³-hybridized carbons (Fsp3) is 0.455. The first-order valence-electron chi connectivity index (χ1n) is 9.32. The van der Waals surface area contributed by atoms with E-state index in [1.807, 2.05) is 0 Å². The molecule has 3 aromatic rings. The second-order valence-electron chi connectivity index (χ2n) is 8.08. The van der Waals surface area contributed by atoms with E-state index in [0.717, 1.165) is 6.54 Å². The maximum atomic E-state index is 2.66. The van der Waals surface area contributed by atoms with Crippen molar-refractivity contribution in [3.05, 3.63) is 48.5 Å². The molecule has 1 saturated heterocycles. The molecule has 0 atom stereocenters. The summed E-state index contributed by atoms with van der Waals surface area (Å²) >= 11 is 0. The Labute approximate surface area is 157 Å². The number of piperidine rings is 1. The zero-order valence-corrected chi connectivity index (χ0v) is 16.2. The maximum Gasteiger partial charge on any atom is 0.0491 e. The Morgan fingerprint density at radius 2 is 1.48 bits per heavy atom. The van der Waals surface area contributed by atoms with Crippen molar-refractivity contribution < 1.29 is 0 Å². The molecule has 0 unspecified atom stereocenters. The molecule has 0 N–H and O–H groups in total. The fourth-order valence-electron chi connectivity index (χ4n) is 4.43. The molecule has 0 radical (unpaired) electrons. The van der Waals surface area contributed by atoms with Gasteiger partial charge in [0.1, 0.15) is 0 Å². The van der Waals surface area contributed by atoms with Gasteiger partial charge in [-0.05, 0) is 49.9 Å². The van der Waals surface area contributed by atoms with Crippen molar-refractivity contribution in [3.8, 4) is 0 Å². The van der Waals surface area contributed by atoms with Gasteiger partial charge in [0, 0.05) is 34.9 Å². The van der Waals surface area contributed by atoms with Gasteiger partial charge in [0.2, 0.25) is 0 Å². The van der Waals surface area contributed by atoms with Crippen LogP contribution < -0.4 is 0 Å². The fourth-order valence-corrected chi connectivity index (χ4v) is 4.43. The summed E-state index contributed by atoms with van der Waals surface area (Å²) in [5.74, 6) is 0. The van der Waals surface area contributed by atoms with Crippen LogP contribution in [0.15, 0.2) is 48.5 Å². The summed E-state index contributed by atoms with van der Waals surface area (Å²) in [5.41, 5.74) is 3.24. The number of aryl methyl sites for hydroxylation is 1. The average molecular weight is 357 g/mol. The van der Waals surface area contributed by atoms with Crippen LogP contribution in [0.2, 0.25) is 0 Å². The average Bonchev–Trinajstić information content (AvgIpc) is 2.89. The summed E-state index contributed by atoms with van der Waals surface area (Å²) < 4.78 is 2.51. The van der Waals surface area contributed by atoms with E-state index in [1.54, 1.807) is 0 Å². The number of hydrogen-bond donors (Lipinski definition) is 0. The van der Waals surface area contributed by atoms with Crippen LogP contribution in [0.3, 0.4) is 0 Å². The van der Waals surface area contributed by atoms with Crippen LogP contribution in [-0.2, 0) is 6.54 Å². The van der Waals surface area contributed by atoms with Crippen molar-refractivity contribution in [2.75, 3.05) is 19.6 Å². The second kappa shape index (κ2) is 7.39. The molecule has 3 heteroatoms. The topological polar surface area (TPSA) is 8.17 Å². The first-order chi connectivity index (χ1) is 11.6. The van der Waals surface area contributed by atoms with Crippen LogP contribution in [0.1, 0.15) is 33.1 Å². The molecule has 1 aliphatic heterocycles. The third-order valence-electron chi connectivity index (χ3n) is 5.52. The summed E-state index contributed by atoms with van der Waals surface area (Å²) in [4.78, 5) is 2.66. The van der Waals surface area contributed by atoms with E-state index in [0.29, 0.717) is 5.41 Å². The molecule has 0 bridgehead atoms.